The molecule has 144 valence electrons. The fourth-order valence-electron chi connectivity index (χ4n) is 3.02. The highest BCUT2D eigenvalue weighted by Gasteiger charge is 2.25. The number of halogens is 1. The van der Waals surface area contributed by atoms with E-state index in [1.54, 1.807) is 24.0 Å². The molecule has 0 radical (unpaired) electrons. The van der Waals surface area contributed by atoms with Crippen molar-refractivity contribution >= 4 is 17.7 Å². The van der Waals surface area contributed by atoms with Crippen LogP contribution in [-0.4, -0.2) is 41.2 Å². The van der Waals surface area contributed by atoms with Crippen molar-refractivity contribution in [2.24, 2.45) is 0 Å². The van der Waals surface area contributed by atoms with Gasteiger partial charge in [-0.1, -0.05) is 12.1 Å². The van der Waals surface area contributed by atoms with Crippen LogP contribution in [-0.2, 0) is 22.5 Å². The lowest BCUT2D eigenvalue weighted by Crippen LogP contribution is -2.32. The Morgan fingerprint density at radius 1 is 1.26 bits per heavy atom. The minimum absolute atomic E-state index is 0.0955. The van der Waals surface area contributed by atoms with E-state index in [1.165, 1.54) is 26.2 Å². The molecular formula is C20H23FN2O4. The van der Waals surface area contributed by atoms with Crippen LogP contribution in [0.1, 0.15) is 51.5 Å². The molecule has 1 N–H and O–H groups in total. The zero-order chi connectivity index (χ0) is 20.1. The number of carbonyl (C=O) groups excluding carboxylic acids is 3. The molecule has 0 saturated heterocycles. The average molecular weight is 374 g/mol. The topological polar surface area (TPSA) is 79.5 Å². The molecule has 0 fully saturated rings. The first-order chi connectivity index (χ1) is 12.8. The van der Waals surface area contributed by atoms with Gasteiger partial charge >= 0.3 is 5.97 Å². The Labute approximate surface area is 157 Å². The molecular weight excluding hydrogens is 351 g/mol. The van der Waals surface area contributed by atoms with Crippen molar-refractivity contribution in [3.05, 3.63) is 58.2 Å². The molecule has 27 heavy (non-hydrogen) atoms. The van der Waals surface area contributed by atoms with Crippen molar-refractivity contribution in [3.8, 4) is 0 Å². The van der Waals surface area contributed by atoms with Gasteiger partial charge in [0.2, 0.25) is 5.91 Å². The van der Waals surface area contributed by atoms with Crippen molar-refractivity contribution in [1.82, 2.24) is 9.88 Å². The second kappa shape index (κ2) is 8.62. The lowest BCUT2D eigenvalue weighted by atomic mass is 10.1. The highest BCUT2D eigenvalue weighted by molar-refractivity contribution is 6.01. The van der Waals surface area contributed by atoms with Gasteiger partial charge in [-0.05, 0) is 37.1 Å². The first-order valence-corrected chi connectivity index (χ1v) is 8.61. The molecule has 0 spiro atoms. The van der Waals surface area contributed by atoms with E-state index in [9.17, 15) is 18.8 Å². The maximum atomic E-state index is 13.4. The van der Waals surface area contributed by atoms with Crippen LogP contribution in [0.25, 0.3) is 0 Å². The Balaban J connectivity index is 2.28. The second-order valence-corrected chi connectivity index (χ2v) is 6.24. The summed E-state index contributed by atoms with van der Waals surface area (Å²) in [6, 6.07) is 6.05. The number of amides is 1. The van der Waals surface area contributed by atoms with Crippen LogP contribution in [0.5, 0.6) is 0 Å². The molecule has 1 amide bonds. The number of ether oxygens (including phenoxy) is 1. The summed E-state index contributed by atoms with van der Waals surface area (Å²) in [6.45, 7) is 5.51. The molecule has 7 heteroatoms. The zero-order valence-corrected chi connectivity index (χ0v) is 15.9. The number of esters is 1. The Hall–Kier alpha value is -2.96. The zero-order valence-electron chi connectivity index (χ0n) is 15.9. The van der Waals surface area contributed by atoms with Crippen LogP contribution < -0.4 is 0 Å². The summed E-state index contributed by atoms with van der Waals surface area (Å²) in [5.74, 6) is -1.45. The fraction of sp³-hybridized carbons (Fsp3) is 0.350. The first kappa shape index (κ1) is 20.4. The number of Topliss-reactive ketones (excluding diaryl/α,β-unsaturated/α-hetero) is 1. The van der Waals surface area contributed by atoms with Gasteiger partial charge in [-0.3, -0.25) is 9.59 Å². The monoisotopic (exact) mass is 374 g/mol. The Bertz CT molecular complexity index is 873. The number of nitrogens with zero attached hydrogens (tertiary/aromatic N) is 1. The number of H-pyrrole nitrogens is 1. The second-order valence-electron chi connectivity index (χ2n) is 6.24. The van der Waals surface area contributed by atoms with Gasteiger partial charge in [0, 0.05) is 25.7 Å². The van der Waals surface area contributed by atoms with Crippen LogP contribution in [0.4, 0.5) is 4.39 Å². The normalized spacial score (nSPS) is 10.6. The van der Waals surface area contributed by atoms with E-state index >= 15 is 0 Å². The van der Waals surface area contributed by atoms with Gasteiger partial charge in [-0.25, -0.2) is 9.18 Å². The summed E-state index contributed by atoms with van der Waals surface area (Å²) in [6.07, 6.45) is -0.0955. The number of hydrogen-bond acceptors (Lipinski definition) is 4. The van der Waals surface area contributed by atoms with Crippen LogP contribution in [0.15, 0.2) is 24.3 Å². The number of methoxy groups -OCH3 is 1. The molecule has 2 aromatic rings. The molecule has 6 nitrogen and oxygen atoms in total. The quantitative estimate of drug-likeness (QED) is 0.597. The molecule has 0 atom stereocenters. The molecule has 0 aliphatic heterocycles. The number of carbonyl (C=O) groups is 3. The number of likely N-dealkylation sites (N-methyl/N-ethyl adjacent to an activating group) is 1. The van der Waals surface area contributed by atoms with Gasteiger partial charge in [-0.2, -0.15) is 0 Å². The van der Waals surface area contributed by atoms with Crippen molar-refractivity contribution in [3.63, 3.8) is 0 Å². The highest BCUT2D eigenvalue weighted by atomic mass is 19.1. The van der Waals surface area contributed by atoms with E-state index in [0.29, 0.717) is 23.4 Å². The van der Waals surface area contributed by atoms with Gasteiger partial charge < -0.3 is 14.6 Å². The molecule has 0 bridgehead atoms. The predicted octanol–water partition coefficient (Wildman–Crippen LogP) is 3.04. The smallest absolute Gasteiger partial charge is 0.339 e. The number of hydrogen-bond donors (Lipinski definition) is 1. The van der Waals surface area contributed by atoms with E-state index in [4.69, 9.17) is 4.74 Å². The molecule has 1 aromatic heterocycles. The van der Waals surface area contributed by atoms with Crippen LogP contribution >= 0.6 is 0 Å². The van der Waals surface area contributed by atoms with Crippen molar-refractivity contribution in [1.29, 1.82) is 0 Å². The molecule has 1 aromatic carbocycles. The van der Waals surface area contributed by atoms with E-state index in [2.05, 4.69) is 4.98 Å². The van der Waals surface area contributed by atoms with Gasteiger partial charge in [0.1, 0.15) is 5.82 Å². The lowest BCUT2D eigenvalue weighted by molar-refractivity contribution is -0.130. The molecule has 0 unspecified atom stereocenters. The third-order valence-corrected chi connectivity index (χ3v) is 4.39. The fourth-order valence-corrected chi connectivity index (χ4v) is 3.02. The number of aromatic amines is 1. The summed E-state index contributed by atoms with van der Waals surface area (Å²) in [7, 11) is 1.25. The number of ketones is 1. The summed E-state index contributed by atoms with van der Waals surface area (Å²) in [5, 5.41) is 0. The number of nitrogens with one attached hydrogen (secondary N) is 1. The summed E-state index contributed by atoms with van der Waals surface area (Å²) in [4.78, 5) is 41.1. The van der Waals surface area contributed by atoms with Crippen LogP contribution in [0.2, 0.25) is 0 Å². The van der Waals surface area contributed by atoms with Crippen LogP contribution in [0.3, 0.4) is 0 Å². The largest absolute Gasteiger partial charge is 0.465 e. The molecule has 2 rings (SSSR count). The van der Waals surface area contributed by atoms with Gasteiger partial charge in [0.25, 0.3) is 0 Å². The lowest BCUT2D eigenvalue weighted by Gasteiger charge is -2.21. The molecule has 1 heterocycles. The van der Waals surface area contributed by atoms with Crippen molar-refractivity contribution in [2.75, 3.05) is 13.7 Å². The third kappa shape index (κ3) is 4.61. The van der Waals surface area contributed by atoms with E-state index in [-0.39, 0.29) is 41.7 Å². The van der Waals surface area contributed by atoms with Crippen LogP contribution in [0, 0.1) is 12.7 Å². The van der Waals surface area contributed by atoms with E-state index in [1.807, 2.05) is 6.92 Å². The Morgan fingerprint density at radius 3 is 2.52 bits per heavy atom. The van der Waals surface area contributed by atoms with Gasteiger partial charge in [0.15, 0.2) is 5.78 Å². The minimum Gasteiger partial charge on any atom is -0.465 e. The average Bonchev–Trinajstić information content (AvgIpc) is 2.95. The standard InChI is InChI=1S/C20H23FN2O4/c1-5-23(11-14-7-6-8-15(21)9-14)17(25)10-16-18(20(26)27-4)12(2)19(22-16)13(3)24/h6-9,22H,5,10-11H2,1-4H3. The first-order valence-electron chi connectivity index (χ1n) is 8.61. The van der Waals surface area contributed by atoms with E-state index in [0.717, 1.165) is 0 Å². The molecule has 0 aliphatic rings. The number of benzene rings is 1. The van der Waals surface area contributed by atoms with Crippen molar-refractivity contribution < 1.29 is 23.5 Å². The maximum Gasteiger partial charge on any atom is 0.339 e. The maximum absolute atomic E-state index is 13.4. The predicted molar refractivity (Wildman–Crippen MR) is 98.1 cm³/mol. The minimum atomic E-state index is -0.604. The molecule has 0 aliphatic carbocycles. The third-order valence-electron chi connectivity index (χ3n) is 4.39. The summed E-state index contributed by atoms with van der Waals surface area (Å²) < 4.78 is 18.2. The molecule has 0 saturated carbocycles. The number of aromatic nitrogens is 1. The van der Waals surface area contributed by atoms with Gasteiger partial charge in [0.05, 0.1) is 24.8 Å². The highest BCUT2D eigenvalue weighted by Crippen LogP contribution is 2.21. The summed E-state index contributed by atoms with van der Waals surface area (Å²) >= 11 is 0. The van der Waals surface area contributed by atoms with Crippen molar-refractivity contribution in [2.45, 2.75) is 33.7 Å². The Kier molecular flexibility index (Phi) is 6.50. The summed E-state index contributed by atoms with van der Waals surface area (Å²) in [5.41, 5.74) is 1.97. The number of rotatable bonds is 7. The van der Waals surface area contributed by atoms with Gasteiger partial charge in [-0.15, -0.1) is 0 Å². The Morgan fingerprint density at radius 2 is 1.96 bits per heavy atom. The van der Waals surface area contributed by atoms with E-state index < -0.39 is 5.97 Å². The SMILES string of the molecule is CCN(Cc1cccc(F)c1)C(=O)Cc1[nH]c(C(C)=O)c(C)c1C(=O)OC.